The highest BCUT2D eigenvalue weighted by Crippen LogP contribution is 2.40. The molecule has 1 heterocycles. The molecule has 0 saturated carbocycles. The van der Waals surface area contributed by atoms with Crippen molar-refractivity contribution in [3.05, 3.63) is 75.1 Å². The van der Waals surface area contributed by atoms with Gasteiger partial charge in [-0.25, -0.2) is 4.79 Å². The zero-order chi connectivity index (χ0) is 25.8. The zero-order valence-corrected chi connectivity index (χ0v) is 22.4. The Hall–Kier alpha value is -3.30. The number of imide groups is 1. The number of carbonyl (C=O) groups is 3. The van der Waals surface area contributed by atoms with Crippen molar-refractivity contribution < 1.29 is 28.6 Å². The fourth-order valence-corrected chi connectivity index (χ4v) is 5.37. The van der Waals surface area contributed by atoms with Crippen LogP contribution in [-0.4, -0.2) is 41.8 Å². The van der Waals surface area contributed by atoms with Gasteiger partial charge in [0, 0.05) is 0 Å². The van der Waals surface area contributed by atoms with Gasteiger partial charge < -0.3 is 14.2 Å². The second-order valence-electron chi connectivity index (χ2n) is 7.94. The molecule has 186 valence electrons. The number of esters is 1. The number of nitrogens with zero attached hydrogens (tertiary/aromatic N) is 1. The Kier molecular flexibility index (Phi) is 8.01. The first kappa shape index (κ1) is 25.8. The van der Waals surface area contributed by atoms with Gasteiger partial charge in [0.05, 0.1) is 23.1 Å². The average Bonchev–Trinajstić information content (AvgIpc) is 3.15. The Bertz CT molecular complexity index is 1370. The van der Waals surface area contributed by atoms with E-state index in [1.807, 2.05) is 31.2 Å². The third kappa shape index (κ3) is 5.27. The van der Waals surface area contributed by atoms with Gasteiger partial charge in [-0.15, -0.1) is 0 Å². The van der Waals surface area contributed by atoms with Crippen LogP contribution in [0.1, 0.15) is 25.0 Å². The van der Waals surface area contributed by atoms with Gasteiger partial charge in [-0.2, -0.15) is 0 Å². The van der Waals surface area contributed by atoms with Gasteiger partial charge in [0.2, 0.25) is 0 Å². The third-order valence-electron chi connectivity index (χ3n) is 5.63. The van der Waals surface area contributed by atoms with Gasteiger partial charge >= 0.3 is 5.97 Å². The molecule has 1 atom stereocenters. The number of hydrogen-bond acceptors (Lipinski definition) is 7. The Balaban J connectivity index is 1.61. The fraction of sp³-hybridized carbons (Fsp3) is 0.222. The maximum Gasteiger partial charge on any atom is 0.328 e. The van der Waals surface area contributed by atoms with Gasteiger partial charge in [-0.1, -0.05) is 42.5 Å². The third-order valence-corrected chi connectivity index (χ3v) is 7.11. The van der Waals surface area contributed by atoms with Crippen molar-refractivity contribution in [3.8, 4) is 11.5 Å². The molecule has 2 amide bonds. The van der Waals surface area contributed by atoms with Crippen LogP contribution in [0.4, 0.5) is 4.79 Å². The summed E-state index contributed by atoms with van der Waals surface area (Å²) < 4.78 is 17.3. The summed E-state index contributed by atoms with van der Waals surface area (Å²) >= 11 is 4.34. The zero-order valence-electron chi connectivity index (χ0n) is 19.9. The van der Waals surface area contributed by atoms with Crippen molar-refractivity contribution in [2.45, 2.75) is 26.5 Å². The monoisotopic (exact) mass is 569 g/mol. The normalized spacial score (nSPS) is 15.4. The van der Waals surface area contributed by atoms with Crippen LogP contribution in [0.3, 0.4) is 0 Å². The molecule has 9 heteroatoms. The molecule has 0 unspecified atom stereocenters. The van der Waals surface area contributed by atoms with Crippen LogP contribution >= 0.6 is 27.7 Å². The Morgan fingerprint density at radius 1 is 1.11 bits per heavy atom. The topological polar surface area (TPSA) is 82.1 Å². The number of ether oxygens (including phenoxy) is 3. The Labute approximate surface area is 221 Å². The maximum atomic E-state index is 12.9. The molecule has 1 saturated heterocycles. The van der Waals surface area contributed by atoms with Crippen molar-refractivity contribution in [3.63, 3.8) is 0 Å². The Morgan fingerprint density at radius 2 is 1.86 bits per heavy atom. The summed E-state index contributed by atoms with van der Waals surface area (Å²) in [6, 6.07) is 16.7. The maximum absolute atomic E-state index is 12.9. The molecule has 0 radical (unpaired) electrons. The minimum Gasteiger partial charge on any atom is -0.490 e. The van der Waals surface area contributed by atoms with Gasteiger partial charge in [0.25, 0.3) is 11.1 Å². The number of hydrogen-bond donors (Lipinski definition) is 0. The lowest BCUT2D eigenvalue weighted by molar-refractivity contribution is -0.148. The van der Waals surface area contributed by atoms with Crippen LogP contribution in [0.15, 0.2) is 64.0 Å². The minimum absolute atomic E-state index is 0.203. The summed E-state index contributed by atoms with van der Waals surface area (Å²) in [5.41, 5.74) is 1.68. The molecule has 36 heavy (non-hydrogen) atoms. The molecular weight excluding hydrogens is 546 g/mol. The van der Waals surface area contributed by atoms with Crippen LogP contribution in [0.25, 0.3) is 16.8 Å². The van der Waals surface area contributed by atoms with E-state index in [0.717, 1.165) is 33.0 Å². The van der Waals surface area contributed by atoms with Crippen molar-refractivity contribution >= 4 is 61.7 Å². The number of rotatable bonds is 8. The first-order valence-electron chi connectivity index (χ1n) is 11.2. The van der Waals surface area contributed by atoms with Crippen molar-refractivity contribution in [2.24, 2.45) is 0 Å². The highest BCUT2D eigenvalue weighted by molar-refractivity contribution is 9.10. The quantitative estimate of drug-likeness (QED) is 0.236. The van der Waals surface area contributed by atoms with E-state index in [1.54, 1.807) is 18.2 Å². The lowest BCUT2D eigenvalue weighted by Crippen LogP contribution is -2.42. The summed E-state index contributed by atoms with van der Waals surface area (Å²) in [6.45, 7) is 4.07. The molecule has 3 aromatic rings. The molecule has 0 spiro atoms. The smallest absolute Gasteiger partial charge is 0.328 e. The number of benzene rings is 3. The van der Waals surface area contributed by atoms with Gasteiger partial charge in [-0.3, -0.25) is 14.5 Å². The predicted molar refractivity (Wildman–Crippen MR) is 143 cm³/mol. The standard InChI is InChI=1S/C27H24BrNO6S/c1-4-34-22-13-17(14-23-25(30)29(27(32)36-23)16(2)26(31)33-3)12-21(28)24(22)35-15-19-10-7-9-18-8-5-6-11-20(18)19/h5-14,16H,4,15H2,1-3H3/b23-14+/t16-/m1/s1. The number of halogens is 1. The van der Waals surface area contributed by atoms with E-state index in [1.165, 1.54) is 14.0 Å². The average molecular weight is 570 g/mol. The molecule has 7 nitrogen and oxygen atoms in total. The molecule has 0 bridgehead atoms. The van der Waals surface area contributed by atoms with Gasteiger partial charge in [0.15, 0.2) is 11.5 Å². The number of methoxy groups -OCH3 is 1. The van der Waals surface area contributed by atoms with E-state index in [4.69, 9.17) is 9.47 Å². The van der Waals surface area contributed by atoms with E-state index in [2.05, 4.69) is 38.9 Å². The predicted octanol–water partition coefficient (Wildman–Crippen LogP) is 6.18. The molecule has 0 N–H and O–H groups in total. The van der Waals surface area contributed by atoms with E-state index >= 15 is 0 Å². The largest absolute Gasteiger partial charge is 0.490 e. The highest BCUT2D eigenvalue weighted by atomic mass is 79.9. The summed E-state index contributed by atoms with van der Waals surface area (Å²) in [5.74, 6) is -0.171. The van der Waals surface area contributed by atoms with E-state index in [-0.39, 0.29) is 4.91 Å². The van der Waals surface area contributed by atoms with Crippen molar-refractivity contribution in [1.82, 2.24) is 4.90 Å². The van der Waals surface area contributed by atoms with Gasteiger partial charge in [-0.05, 0) is 81.6 Å². The molecule has 3 aromatic carbocycles. The lowest BCUT2D eigenvalue weighted by atomic mass is 10.1. The SMILES string of the molecule is CCOc1cc(/C=C2/SC(=O)N([C@H](C)C(=O)OC)C2=O)cc(Br)c1OCc1cccc2ccccc12. The number of fused-ring (bicyclic) bond motifs is 1. The summed E-state index contributed by atoms with van der Waals surface area (Å²) in [7, 11) is 1.21. The van der Waals surface area contributed by atoms with Gasteiger partial charge in [0.1, 0.15) is 12.6 Å². The van der Waals surface area contributed by atoms with Crippen molar-refractivity contribution in [1.29, 1.82) is 0 Å². The minimum atomic E-state index is -1.01. The Morgan fingerprint density at radius 3 is 2.61 bits per heavy atom. The molecule has 0 aromatic heterocycles. The molecule has 4 rings (SSSR count). The first-order chi connectivity index (χ1) is 17.3. The van der Waals surface area contributed by atoms with Crippen molar-refractivity contribution in [2.75, 3.05) is 13.7 Å². The molecule has 1 fully saturated rings. The van der Waals surface area contributed by atoms with Crippen LogP contribution in [0.2, 0.25) is 0 Å². The number of thioether (sulfide) groups is 1. The van der Waals surface area contributed by atoms with E-state index < -0.39 is 23.2 Å². The number of carbonyl (C=O) groups excluding carboxylic acids is 3. The van der Waals surface area contributed by atoms with E-state index in [9.17, 15) is 14.4 Å². The summed E-state index contributed by atoms with van der Waals surface area (Å²) in [4.78, 5) is 38.2. The van der Waals surface area contributed by atoms with Crippen LogP contribution < -0.4 is 9.47 Å². The number of amides is 2. The first-order valence-corrected chi connectivity index (χ1v) is 12.9. The fourth-order valence-electron chi connectivity index (χ4n) is 3.88. The second kappa shape index (κ2) is 11.2. The highest BCUT2D eigenvalue weighted by Gasteiger charge is 2.41. The van der Waals surface area contributed by atoms with E-state index in [0.29, 0.717) is 34.7 Å². The molecule has 1 aliphatic rings. The lowest BCUT2D eigenvalue weighted by Gasteiger charge is -2.18. The summed E-state index contributed by atoms with van der Waals surface area (Å²) in [5, 5.41) is 1.72. The second-order valence-corrected chi connectivity index (χ2v) is 9.79. The van der Waals surface area contributed by atoms with Crippen LogP contribution in [0.5, 0.6) is 11.5 Å². The van der Waals surface area contributed by atoms with Crippen LogP contribution in [-0.2, 0) is 20.9 Å². The molecule has 0 aliphatic carbocycles. The molecular formula is C27H24BrNO6S. The summed E-state index contributed by atoms with van der Waals surface area (Å²) in [6.07, 6.45) is 1.59. The van der Waals surface area contributed by atoms with Crippen LogP contribution in [0, 0.1) is 0 Å². The molecule has 1 aliphatic heterocycles.